The van der Waals surface area contributed by atoms with Gasteiger partial charge in [0.25, 0.3) is 11.8 Å². The van der Waals surface area contributed by atoms with Gasteiger partial charge in [0.05, 0.1) is 6.61 Å². The van der Waals surface area contributed by atoms with Gasteiger partial charge in [0, 0.05) is 37.9 Å². The second kappa shape index (κ2) is 11.6. The number of amides is 3. The Bertz CT molecular complexity index is 972. The number of ether oxygens (including phenoxy) is 1. The molecule has 33 heavy (non-hydrogen) atoms. The van der Waals surface area contributed by atoms with Gasteiger partial charge in [-0.2, -0.15) is 0 Å². The van der Waals surface area contributed by atoms with Gasteiger partial charge in [0.1, 0.15) is 11.9 Å². The maximum Gasteiger partial charge on any atom is 0.253 e. The average Bonchev–Trinajstić information content (AvgIpc) is 2.82. The van der Waals surface area contributed by atoms with Gasteiger partial charge in [-0.15, -0.1) is 0 Å². The molecule has 1 aliphatic heterocycles. The smallest absolute Gasteiger partial charge is 0.253 e. The number of rotatable bonds is 8. The van der Waals surface area contributed by atoms with E-state index in [-0.39, 0.29) is 23.6 Å². The Morgan fingerprint density at radius 1 is 1.09 bits per heavy atom. The van der Waals surface area contributed by atoms with Crippen LogP contribution in [-0.4, -0.2) is 62.0 Å². The lowest BCUT2D eigenvalue weighted by atomic mass is 9.88. The van der Waals surface area contributed by atoms with E-state index in [4.69, 9.17) is 4.74 Å². The van der Waals surface area contributed by atoms with E-state index in [2.05, 4.69) is 10.6 Å². The molecule has 8 heteroatoms. The molecule has 0 aliphatic carbocycles. The van der Waals surface area contributed by atoms with Crippen molar-refractivity contribution in [1.29, 1.82) is 0 Å². The van der Waals surface area contributed by atoms with Crippen LogP contribution < -0.4 is 10.6 Å². The number of benzene rings is 2. The van der Waals surface area contributed by atoms with Crippen molar-refractivity contribution in [3.63, 3.8) is 0 Å². The highest BCUT2D eigenvalue weighted by molar-refractivity contribution is 5.98. The van der Waals surface area contributed by atoms with Crippen molar-refractivity contribution in [3.05, 3.63) is 71.0 Å². The third-order valence-electron chi connectivity index (χ3n) is 5.84. The lowest BCUT2D eigenvalue weighted by Gasteiger charge is -2.36. The minimum Gasteiger partial charge on any atom is -0.383 e. The number of halogens is 1. The van der Waals surface area contributed by atoms with E-state index in [0.29, 0.717) is 50.2 Å². The topological polar surface area (TPSA) is 87.7 Å². The van der Waals surface area contributed by atoms with Crippen LogP contribution >= 0.6 is 0 Å². The lowest BCUT2D eigenvalue weighted by molar-refractivity contribution is -0.124. The molecule has 2 aromatic rings. The van der Waals surface area contributed by atoms with Crippen LogP contribution in [0.25, 0.3) is 0 Å². The van der Waals surface area contributed by atoms with E-state index < -0.39 is 11.9 Å². The molecule has 1 unspecified atom stereocenters. The number of hydrogen-bond donors (Lipinski definition) is 2. The number of nitrogens with one attached hydrogen (secondary N) is 2. The third-order valence-corrected chi connectivity index (χ3v) is 5.84. The summed E-state index contributed by atoms with van der Waals surface area (Å²) in [6.45, 7) is 3.51. The van der Waals surface area contributed by atoms with Crippen molar-refractivity contribution in [2.75, 3.05) is 33.4 Å². The summed E-state index contributed by atoms with van der Waals surface area (Å²) in [4.78, 5) is 40.2. The third kappa shape index (κ3) is 6.61. The normalized spacial score (nSPS) is 15.1. The molecule has 0 radical (unpaired) electrons. The molecule has 1 saturated heterocycles. The molecule has 0 bridgehead atoms. The fourth-order valence-electron chi connectivity index (χ4n) is 4.01. The standard InChI is InChI=1S/C25H30FN3O4/c1-17-4-3-5-20(16-17)23(30)28-22(24(31)27-12-15-33-2)18-10-13-29(14-11-18)25(32)19-6-8-21(26)9-7-19/h3-9,16,18,22H,10-15H2,1-2H3,(H,27,31)(H,28,30). The van der Waals surface area contributed by atoms with E-state index in [1.165, 1.54) is 24.3 Å². The predicted octanol–water partition coefficient (Wildman–Crippen LogP) is 2.55. The van der Waals surface area contributed by atoms with E-state index >= 15 is 0 Å². The van der Waals surface area contributed by atoms with Gasteiger partial charge in [-0.1, -0.05) is 17.7 Å². The summed E-state index contributed by atoms with van der Waals surface area (Å²) in [7, 11) is 1.55. The molecule has 7 nitrogen and oxygen atoms in total. The zero-order chi connectivity index (χ0) is 23.8. The first-order valence-corrected chi connectivity index (χ1v) is 11.1. The van der Waals surface area contributed by atoms with Crippen molar-refractivity contribution in [1.82, 2.24) is 15.5 Å². The molecule has 1 aliphatic rings. The van der Waals surface area contributed by atoms with Crippen LogP contribution in [0.2, 0.25) is 0 Å². The summed E-state index contributed by atoms with van der Waals surface area (Å²) >= 11 is 0. The highest BCUT2D eigenvalue weighted by Crippen LogP contribution is 2.23. The van der Waals surface area contributed by atoms with Crippen LogP contribution in [0.4, 0.5) is 4.39 Å². The first-order valence-electron chi connectivity index (χ1n) is 11.1. The van der Waals surface area contributed by atoms with Crippen LogP contribution in [0.5, 0.6) is 0 Å². The highest BCUT2D eigenvalue weighted by Gasteiger charge is 2.34. The molecule has 3 rings (SSSR count). The number of piperidine rings is 1. The van der Waals surface area contributed by atoms with Gasteiger partial charge in [-0.3, -0.25) is 14.4 Å². The van der Waals surface area contributed by atoms with Gasteiger partial charge < -0.3 is 20.3 Å². The number of likely N-dealkylation sites (tertiary alicyclic amines) is 1. The number of carbonyl (C=O) groups excluding carboxylic acids is 3. The van der Waals surface area contributed by atoms with Gasteiger partial charge in [-0.05, 0) is 62.1 Å². The minimum atomic E-state index is -0.724. The number of carbonyl (C=O) groups is 3. The number of aryl methyl sites for hydroxylation is 1. The summed E-state index contributed by atoms with van der Waals surface area (Å²) in [5.41, 5.74) is 1.88. The molecule has 3 amide bonds. The number of methoxy groups -OCH3 is 1. The summed E-state index contributed by atoms with van der Waals surface area (Å²) in [6, 6.07) is 11.9. The maximum absolute atomic E-state index is 13.2. The molecule has 2 N–H and O–H groups in total. The first-order chi connectivity index (χ1) is 15.9. The van der Waals surface area contributed by atoms with Crippen molar-refractivity contribution in [2.24, 2.45) is 5.92 Å². The zero-order valence-electron chi connectivity index (χ0n) is 19.0. The first kappa shape index (κ1) is 24.4. The van der Waals surface area contributed by atoms with E-state index in [1.807, 2.05) is 13.0 Å². The largest absolute Gasteiger partial charge is 0.383 e. The highest BCUT2D eigenvalue weighted by atomic mass is 19.1. The Kier molecular flexibility index (Phi) is 8.54. The lowest BCUT2D eigenvalue weighted by Crippen LogP contribution is -2.54. The van der Waals surface area contributed by atoms with Crippen molar-refractivity contribution in [3.8, 4) is 0 Å². The molecule has 1 heterocycles. The van der Waals surface area contributed by atoms with Crippen LogP contribution in [0, 0.1) is 18.7 Å². The number of hydrogen-bond acceptors (Lipinski definition) is 4. The monoisotopic (exact) mass is 455 g/mol. The molecule has 2 aromatic carbocycles. The Hall–Kier alpha value is -3.26. The average molecular weight is 456 g/mol. The molecule has 0 aromatic heterocycles. The molecule has 0 spiro atoms. The summed E-state index contributed by atoms with van der Waals surface area (Å²) in [5, 5.41) is 5.72. The predicted molar refractivity (Wildman–Crippen MR) is 122 cm³/mol. The van der Waals surface area contributed by atoms with Gasteiger partial charge in [-0.25, -0.2) is 4.39 Å². The van der Waals surface area contributed by atoms with Gasteiger partial charge in [0.15, 0.2) is 0 Å². The fourth-order valence-corrected chi connectivity index (χ4v) is 4.01. The maximum atomic E-state index is 13.2. The van der Waals surface area contributed by atoms with Crippen LogP contribution in [0.3, 0.4) is 0 Å². The molecule has 1 fully saturated rings. The molecular weight excluding hydrogens is 425 g/mol. The minimum absolute atomic E-state index is 0.126. The van der Waals surface area contributed by atoms with E-state index in [1.54, 1.807) is 30.2 Å². The number of nitrogens with zero attached hydrogens (tertiary/aromatic N) is 1. The summed E-state index contributed by atoms with van der Waals surface area (Å²) < 4.78 is 18.2. The van der Waals surface area contributed by atoms with E-state index in [9.17, 15) is 18.8 Å². The molecular formula is C25H30FN3O4. The summed E-state index contributed by atoms with van der Waals surface area (Å²) in [6.07, 6.45) is 1.12. The van der Waals surface area contributed by atoms with E-state index in [0.717, 1.165) is 5.56 Å². The van der Waals surface area contributed by atoms with Crippen LogP contribution in [0.1, 0.15) is 39.1 Å². The Balaban J connectivity index is 1.67. The Morgan fingerprint density at radius 3 is 2.42 bits per heavy atom. The van der Waals surface area contributed by atoms with Gasteiger partial charge in [0.2, 0.25) is 5.91 Å². The van der Waals surface area contributed by atoms with Crippen molar-refractivity contribution >= 4 is 17.7 Å². The van der Waals surface area contributed by atoms with Gasteiger partial charge >= 0.3 is 0 Å². The van der Waals surface area contributed by atoms with Crippen molar-refractivity contribution < 1.29 is 23.5 Å². The zero-order valence-corrected chi connectivity index (χ0v) is 19.0. The van der Waals surface area contributed by atoms with Crippen LogP contribution in [-0.2, 0) is 9.53 Å². The summed E-state index contributed by atoms with van der Waals surface area (Å²) in [5.74, 6) is -1.26. The van der Waals surface area contributed by atoms with Crippen LogP contribution in [0.15, 0.2) is 48.5 Å². The second-order valence-corrected chi connectivity index (χ2v) is 8.24. The SMILES string of the molecule is COCCNC(=O)C(NC(=O)c1cccc(C)c1)C1CCN(C(=O)c2ccc(F)cc2)CC1. The quantitative estimate of drug-likeness (QED) is 0.599. The van der Waals surface area contributed by atoms with Crippen molar-refractivity contribution in [2.45, 2.75) is 25.8 Å². The molecule has 1 atom stereocenters. The molecule has 0 saturated carbocycles. The second-order valence-electron chi connectivity index (χ2n) is 8.24. The Labute approximate surface area is 193 Å². The molecule has 176 valence electrons. The fraction of sp³-hybridized carbons (Fsp3) is 0.400. The Morgan fingerprint density at radius 2 is 1.79 bits per heavy atom.